The Morgan fingerprint density at radius 3 is 2.41 bits per heavy atom. The minimum absolute atomic E-state index is 0.0810. The van der Waals surface area contributed by atoms with Gasteiger partial charge in [-0.25, -0.2) is 9.78 Å². The summed E-state index contributed by atoms with van der Waals surface area (Å²) < 4.78 is 2.29. The molecule has 1 N–H and O–H groups in total. The molecule has 0 aliphatic rings. The first-order chi connectivity index (χ1) is 10.4. The monoisotopic (exact) mass is 304 g/mol. The van der Waals surface area contributed by atoms with Crippen LogP contribution in [0.15, 0.2) is 21.7 Å². The van der Waals surface area contributed by atoms with Crippen LogP contribution in [0.2, 0.25) is 0 Å². The summed E-state index contributed by atoms with van der Waals surface area (Å²) in [5, 5.41) is 3.19. The molecular weight excluding hydrogens is 284 g/mol. The molecule has 7 heteroatoms. The van der Waals surface area contributed by atoms with Crippen LogP contribution >= 0.6 is 0 Å². The Kier molecular flexibility index (Phi) is 4.44. The maximum atomic E-state index is 12.2. The second-order valence-electron chi connectivity index (χ2n) is 5.26. The molecule has 0 unspecified atom stereocenters. The summed E-state index contributed by atoms with van der Waals surface area (Å²) in [6.45, 7) is 3.99. The van der Waals surface area contributed by atoms with Gasteiger partial charge in [0.25, 0.3) is 11.5 Å². The number of pyridine rings is 1. The zero-order valence-electron chi connectivity index (χ0n) is 13.2. The van der Waals surface area contributed by atoms with E-state index in [1.54, 1.807) is 0 Å². The van der Waals surface area contributed by atoms with Gasteiger partial charge < -0.3 is 5.32 Å². The van der Waals surface area contributed by atoms with Gasteiger partial charge in [-0.2, -0.15) is 0 Å². The molecule has 1 amide bonds. The maximum Gasteiger partial charge on any atom is 0.332 e. The van der Waals surface area contributed by atoms with Gasteiger partial charge in [0, 0.05) is 20.1 Å². The number of hydrogen-bond acceptors (Lipinski definition) is 4. The van der Waals surface area contributed by atoms with Gasteiger partial charge in [0.05, 0.1) is 5.39 Å². The molecule has 0 saturated carbocycles. The van der Waals surface area contributed by atoms with Crippen molar-refractivity contribution in [3.63, 3.8) is 0 Å². The van der Waals surface area contributed by atoms with Crippen LogP contribution < -0.4 is 16.6 Å². The van der Waals surface area contributed by atoms with Crippen LogP contribution in [0.4, 0.5) is 0 Å². The van der Waals surface area contributed by atoms with Crippen LogP contribution in [0.5, 0.6) is 0 Å². The Morgan fingerprint density at radius 1 is 1.18 bits per heavy atom. The molecule has 0 aliphatic carbocycles. The van der Waals surface area contributed by atoms with Gasteiger partial charge in [-0.1, -0.05) is 13.8 Å². The fourth-order valence-electron chi connectivity index (χ4n) is 2.33. The average Bonchev–Trinajstić information content (AvgIpc) is 2.55. The molecular formula is C15H20N4O3. The van der Waals surface area contributed by atoms with Gasteiger partial charge >= 0.3 is 5.69 Å². The number of nitrogens with zero attached hydrogens (tertiary/aromatic N) is 3. The summed E-state index contributed by atoms with van der Waals surface area (Å²) in [6, 6.07) is 3.12. The lowest BCUT2D eigenvalue weighted by Crippen LogP contribution is -2.38. The van der Waals surface area contributed by atoms with Gasteiger partial charge in [-0.05, 0) is 25.0 Å². The second kappa shape index (κ2) is 6.13. The lowest BCUT2D eigenvalue weighted by atomic mass is 10.1. The van der Waals surface area contributed by atoms with Gasteiger partial charge in [-0.15, -0.1) is 0 Å². The third-order valence-corrected chi connectivity index (χ3v) is 3.86. The summed E-state index contributed by atoms with van der Waals surface area (Å²) >= 11 is 0. The second-order valence-corrected chi connectivity index (χ2v) is 5.26. The third kappa shape index (κ3) is 2.66. The molecule has 2 heterocycles. The molecule has 22 heavy (non-hydrogen) atoms. The molecule has 2 rings (SSSR count). The lowest BCUT2D eigenvalue weighted by Gasteiger charge is -2.14. The van der Waals surface area contributed by atoms with Crippen molar-refractivity contribution in [2.75, 3.05) is 0 Å². The van der Waals surface area contributed by atoms with Gasteiger partial charge in [0.1, 0.15) is 11.3 Å². The number of aryl methyl sites for hydroxylation is 1. The number of carbonyl (C=O) groups excluding carboxylic acids is 1. The lowest BCUT2D eigenvalue weighted by molar-refractivity contribution is 0.0930. The molecule has 0 fully saturated rings. The van der Waals surface area contributed by atoms with Crippen molar-refractivity contribution in [3.05, 3.63) is 38.7 Å². The molecule has 2 aromatic heterocycles. The average molecular weight is 304 g/mol. The standard InChI is InChI=1S/C15H20N4O3/c1-5-9(6-2)16-13(20)11-8-7-10-12(17-11)18(3)15(22)19(4)14(10)21/h7-9H,5-6H2,1-4H3,(H,16,20). The summed E-state index contributed by atoms with van der Waals surface area (Å²) in [7, 11) is 2.94. The van der Waals surface area contributed by atoms with Crippen LogP contribution in [0.3, 0.4) is 0 Å². The maximum absolute atomic E-state index is 12.2. The van der Waals surface area contributed by atoms with Crippen molar-refractivity contribution in [2.24, 2.45) is 14.1 Å². The number of carbonyl (C=O) groups is 1. The molecule has 2 aromatic rings. The predicted molar refractivity (Wildman–Crippen MR) is 84.1 cm³/mol. The molecule has 0 aliphatic heterocycles. The highest BCUT2D eigenvalue weighted by Gasteiger charge is 2.15. The Labute approximate surface area is 127 Å². The fraction of sp³-hybridized carbons (Fsp3) is 0.467. The molecule has 0 radical (unpaired) electrons. The van der Waals surface area contributed by atoms with Crippen molar-refractivity contribution in [1.29, 1.82) is 0 Å². The molecule has 0 aromatic carbocycles. The quantitative estimate of drug-likeness (QED) is 0.894. The van der Waals surface area contributed by atoms with E-state index < -0.39 is 11.2 Å². The normalized spacial score (nSPS) is 11.1. The number of rotatable bonds is 4. The molecule has 0 saturated heterocycles. The number of aromatic nitrogens is 3. The topological polar surface area (TPSA) is 86.0 Å². The van der Waals surface area contributed by atoms with E-state index in [-0.39, 0.29) is 23.3 Å². The van der Waals surface area contributed by atoms with E-state index in [1.165, 1.54) is 30.8 Å². The van der Waals surface area contributed by atoms with Crippen molar-refractivity contribution in [3.8, 4) is 0 Å². The van der Waals surface area contributed by atoms with Crippen LogP contribution in [-0.2, 0) is 14.1 Å². The zero-order valence-corrected chi connectivity index (χ0v) is 13.2. The van der Waals surface area contributed by atoms with Crippen LogP contribution in [0, 0.1) is 0 Å². The van der Waals surface area contributed by atoms with Crippen molar-refractivity contribution < 1.29 is 4.79 Å². The van der Waals surface area contributed by atoms with Crippen LogP contribution in [0.25, 0.3) is 11.0 Å². The minimum Gasteiger partial charge on any atom is -0.348 e. The molecule has 0 spiro atoms. The largest absolute Gasteiger partial charge is 0.348 e. The van der Waals surface area contributed by atoms with E-state index in [9.17, 15) is 14.4 Å². The van der Waals surface area contributed by atoms with Crippen molar-refractivity contribution >= 4 is 16.9 Å². The molecule has 0 bridgehead atoms. The van der Waals surface area contributed by atoms with E-state index >= 15 is 0 Å². The van der Waals surface area contributed by atoms with E-state index in [2.05, 4.69) is 10.3 Å². The summed E-state index contributed by atoms with van der Waals surface area (Å²) in [6.07, 6.45) is 1.66. The number of hydrogen-bond donors (Lipinski definition) is 1. The number of nitrogens with one attached hydrogen (secondary N) is 1. The molecule has 118 valence electrons. The van der Waals surface area contributed by atoms with Gasteiger partial charge in [0.15, 0.2) is 0 Å². The Bertz CT molecular complexity index is 831. The third-order valence-electron chi connectivity index (χ3n) is 3.86. The van der Waals surface area contributed by atoms with E-state index in [0.717, 1.165) is 17.4 Å². The Balaban J connectivity index is 2.54. The SMILES string of the molecule is CCC(CC)NC(=O)c1ccc2c(=O)n(C)c(=O)n(C)c2n1. The summed E-state index contributed by atoms with van der Waals surface area (Å²) in [5.74, 6) is -0.302. The van der Waals surface area contributed by atoms with Crippen LogP contribution in [-0.4, -0.2) is 26.1 Å². The fourth-order valence-corrected chi connectivity index (χ4v) is 2.33. The number of fused-ring (bicyclic) bond motifs is 1. The highest BCUT2D eigenvalue weighted by Crippen LogP contribution is 2.07. The zero-order chi connectivity index (χ0) is 16.4. The Morgan fingerprint density at radius 2 is 1.82 bits per heavy atom. The molecule has 7 nitrogen and oxygen atoms in total. The van der Waals surface area contributed by atoms with Crippen LogP contribution in [0.1, 0.15) is 37.2 Å². The highest BCUT2D eigenvalue weighted by molar-refractivity contribution is 5.94. The van der Waals surface area contributed by atoms with Crippen molar-refractivity contribution in [1.82, 2.24) is 19.4 Å². The highest BCUT2D eigenvalue weighted by atomic mass is 16.2. The first kappa shape index (κ1) is 15.9. The van der Waals surface area contributed by atoms with Gasteiger partial charge in [-0.3, -0.25) is 18.7 Å². The summed E-state index contributed by atoms with van der Waals surface area (Å²) in [4.78, 5) is 40.4. The summed E-state index contributed by atoms with van der Waals surface area (Å²) in [5.41, 5.74) is -0.479. The first-order valence-corrected chi connectivity index (χ1v) is 7.28. The number of amides is 1. The van der Waals surface area contributed by atoms with E-state index in [4.69, 9.17) is 0 Å². The first-order valence-electron chi connectivity index (χ1n) is 7.28. The van der Waals surface area contributed by atoms with E-state index in [0.29, 0.717) is 5.39 Å². The molecule has 0 atom stereocenters. The Hall–Kier alpha value is -2.44. The van der Waals surface area contributed by atoms with E-state index in [1.807, 2.05) is 13.8 Å². The predicted octanol–water partition coefficient (Wildman–Crippen LogP) is 0.551. The minimum atomic E-state index is -0.470. The van der Waals surface area contributed by atoms with Gasteiger partial charge in [0.2, 0.25) is 0 Å². The van der Waals surface area contributed by atoms with Crippen molar-refractivity contribution in [2.45, 2.75) is 32.7 Å². The smallest absolute Gasteiger partial charge is 0.332 e.